The molecule has 0 saturated carbocycles. The second-order valence-electron chi connectivity index (χ2n) is 6.36. The number of fused-ring (bicyclic) bond motifs is 1. The van der Waals surface area contributed by atoms with Crippen LogP contribution in [-0.2, 0) is 17.6 Å². The van der Waals surface area contributed by atoms with E-state index < -0.39 is 0 Å². The molecule has 0 bridgehead atoms. The quantitative estimate of drug-likeness (QED) is 0.717. The van der Waals surface area contributed by atoms with Gasteiger partial charge in [-0.15, -0.1) is 0 Å². The first-order chi connectivity index (χ1) is 11.6. The fourth-order valence-electron chi connectivity index (χ4n) is 3.17. The summed E-state index contributed by atoms with van der Waals surface area (Å²) < 4.78 is 28.9. The molecule has 2 rings (SSSR count). The second kappa shape index (κ2) is 8.47. The maximum Gasteiger partial charge on any atom is 0.200 e. The van der Waals surface area contributed by atoms with Gasteiger partial charge in [-0.1, -0.05) is 13.8 Å². The van der Waals surface area contributed by atoms with Crippen LogP contribution in [-0.4, -0.2) is 34.2 Å². The van der Waals surface area contributed by atoms with Gasteiger partial charge in [0.05, 0.1) is 21.3 Å². The van der Waals surface area contributed by atoms with Gasteiger partial charge in [-0.2, -0.15) is 0 Å². The van der Waals surface area contributed by atoms with Crippen molar-refractivity contribution in [2.75, 3.05) is 27.9 Å². The van der Waals surface area contributed by atoms with Crippen LogP contribution in [0.3, 0.4) is 0 Å². The fraction of sp³-hybridized carbons (Fsp3) is 0.684. The van der Waals surface area contributed by atoms with Crippen molar-refractivity contribution in [2.24, 2.45) is 5.92 Å². The van der Waals surface area contributed by atoms with Gasteiger partial charge in [0.2, 0.25) is 0 Å². The van der Waals surface area contributed by atoms with Gasteiger partial charge in [-0.05, 0) is 32.1 Å². The Morgan fingerprint density at radius 1 is 1.04 bits per heavy atom. The minimum absolute atomic E-state index is 0.243. The predicted molar refractivity (Wildman–Crippen MR) is 93.6 cm³/mol. The van der Waals surface area contributed by atoms with Crippen LogP contribution in [0.1, 0.15) is 44.7 Å². The van der Waals surface area contributed by atoms with Gasteiger partial charge >= 0.3 is 0 Å². The summed E-state index contributed by atoms with van der Waals surface area (Å²) in [6.45, 7) is 7.00. The van der Waals surface area contributed by atoms with E-state index in [1.165, 1.54) is 0 Å². The summed E-state index contributed by atoms with van der Waals surface area (Å²) in [5.74, 6) is 3.57. The summed E-state index contributed by atoms with van der Waals surface area (Å²) in [4.78, 5) is 0. The topological polar surface area (TPSA) is 46.2 Å². The van der Waals surface area contributed by atoms with Crippen molar-refractivity contribution in [3.05, 3.63) is 11.1 Å². The Balaban J connectivity index is 2.55. The smallest absolute Gasteiger partial charge is 0.200 e. The molecule has 24 heavy (non-hydrogen) atoms. The van der Waals surface area contributed by atoms with Crippen LogP contribution in [0.4, 0.5) is 0 Å². The molecule has 1 unspecified atom stereocenters. The molecule has 1 aliphatic heterocycles. The molecule has 0 fully saturated rings. The zero-order valence-electron chi connectivity index (χ0n) is 15.7. The molecule has 1 aromatic carbocycles. The number of rotatable bonds is 8. The van der Waals surface area contributed by atoms with Gasteiger partial charge in [-0.25, -0.2) is 0 Å². The zero-order chi connectivity index (χ0) is 17.7. The summed E-state index contributed by atoms with van der Waals surface area (Å²) in [5.41, 5.74) is 2.00. The van der Waals surface area contributed by atoms with Crippen LogP contribution in [0.15, 0.2) is 0 Å². The van der Waals surface area contributed by atoms with Gasteiger partial charge in [-0.3, -0.25) is 0 Å². The van der Waals surface area contributed by atoms with Crippen molar-refractivity contribution in [3.8, 4) is 23.0 Å². The third kappa shape index (κ3) is 3.72. The molecule has 1 heterocycles. The van der Waals surface area contributed by atoms with Gasteiger partial charge in [0.25, 0.3) is 0 Å². The zero-order valence-corrected chi connectivity index (χ0v) is 15.7. The number of methoxy groups -OCH3 is 3. The molecule has 0 N–H and O–H groups in total. The Hall–Kier alpha value is -1.62. The van der Waals surface area contributed by atoms with Gasteiger partial charge < -0.3 is 23.7 Å². The third-order valence-corrected chi connectivity index (χ3v) is 4.32. The fourth-order valence-corrected chi connectivity index (χ4v) is 3.17. The van der Waals surface area contributed by atoms with Crippen LogP contribution >= 0.6 is 0 Å². The molecule has 0 radical (unpaired) electrons. The highest BCUT2D eigenvalue weighted by atomic mass is 16.7. The van der Waals surface area contributed by atoms with E-state index in [2.05, 4.69) is 13.8 Å². The van der Waals surface area contributed by atoms with E-state index in [4.69, 9.17) is 23.7 Å². The third-order valence-electron chi connectivity index (χ3n) is 4.32. The molecule has 5 heteroatoms. The van der Waals surface area contributed by atoms with Crippen molar-refractivity contribution in [3.63, 3.8) is 0 Å². The van der Waals surface area contributed by atoms with Gasteiger partial charge in [0.1, 0.15) is 0 Å². The average Bonchev–Trinajstić information content (AvgIpc) is 2.58. The summed E-state index contributed by atoms with van der Waals surface area (Å²) in [5, 5.41) is 0. The molecule has 0 saturated heterocycles. The van der Waals surface area contributed by atoms with E-state index in [1.54, 1.807) is 21.3 Å². The van der Waals surface area contributed by atoms with Crippen LogP contribution in [0.25, 0.3) is 0 Å². The van der Waals surface area contributed by atoms with Crippen LogP contribution in [0.2, 0.25) is 0 Å². The lowest BCUT2D eigenvalue weighted by atomic mass is 9.95. The Morgan fingerprint density at radius 2 is 1.71 bits per heavy atom. The Bertz CT molecular complexity index is 553. The lowest BCUT2D eigenvalue weighted by Crippen LogP contribution is -2.26. The molecule has 0 spiro atoms. The largest absolute Gasteiger partial charge is 0.492 e. The van der Waals surface area contributed by atoms with Gasteiger partial charge in [0, 0.05) is 24.2 Å². The van der Waals surface area contributed by atoms with E-state index in [-0.39, 0.29) is 6.29 Å². The summed E-state index contributed by atoms with van der Waals surface area (Å²) in [7, 11) is 5.02. The lowest BCUT2D eigenvalue weighted by molar-refractivity contribution is -0.0875. The predicted octanol–water partition coefficient (Wildman–Crippen LogP) is 3.99. The normalized spacial score (nSPS) is 16.5. The first-order valence-corrected chi connectivity index (χ1v) is 8.69. The molecule has 0 amide bonds. The Kier molecular flexibility index (Phi) is 6.60. The van der Waals surface area contributed by atoms with Crippen molar-refractivity contribution >= 4 is 0 Å². The van der Waals surface area contributed by atoms with E-state index in [1.807, 2.05) is 6.92 Å². The van der Waals surface area contributed by atoms with Crippen molar-refractivity contribution in [1.29, 1.82) is 0 Å². The highest BCUT2D eigenvalue weighted by Gasteiger charge is 2.32. The van der Waals surface area contributed by atoms with Crippen LogP contribution in [0, 0.1) is 5.92 Å². The molecule has 0 aromatic heterocycles. The number of hydrogen-bond acceptors (Lipinski definition) is 5. The maximum atomic E-state index is 6.10. The monoisotopic (exact) mass is 338 g/mol. The van der Waals surface area contributed by atoms with Crippen LogP contribution < -0.4 is 18.9 Å². The van der Waals surface area contributed by atoms with E-state index in [0.29, 0.717) is 12.5 Å². The maximum absolute atomic E-state index is 6.10. The second-order valence-corrected chi connectivity index (χ2v) is 6.36. The molecule has 1 aliphatic rings. The number of benzene rings is 1. The standard InChI is InChI=1S/C19H30O5/c1-7-23-15-11-10-14-17(21-5)16(20-4)13(9-8-12(2)3)18(22-6)19(14)24-15/h12,15H,7-11H2,1-6H3. The first kappa shape index (κ1) is 18.7. The Labute approximate surface area is 145 Å². The number of hydrogen-bond donors (Lipinski definition) is 0. The Morgan fingerprint density at radius 3 is 2.25 bits per heavy atom. The number of ether oxygens (including phenoxy) is 5. The summed E-state index contributed by atoms with van der Waals surface area (Å²) >= 11 is 0. The minimum Gasteiger partial charge on any atom is -0.492 e. The lowest BCUT2D eigenvalue weighted by Gasteiger charge is -2.30. The molecule has 5 nitrogen and oxygen atoms in total. The molecule has 1 aromatic rings. The molecular formula is C19H30O5. The summed E-state index contributed by atoms with van der Waals surface area (Å²) in [6.07, 6.45) is 3.22. The molecule has 136 valence electrons. The molecular weight excluding hydrogens is 308 g/mol. The van der Waals surface area contributed by atoms with Crippen molar-refractivity contribution in [2.45, 2.75) is 52.7 Å². The summed E-state index contributed by atoms with van der Waals surface area (Å²) in [6, 6.07) is 0. The van der Waals surface area contributed by atoms with E-state index in [9.17, 15) is 0 Å². The van der Waals surface area contributed by atoms with E-state index >= 15 is 0 Å². The van der Waals surface area contributed by atoms with E-state index in [0.717, 1.165) is 59.8 Å². The highest BCUT2D eigenvalue weighted by molar-refractivity contribution is 5.67. The molecule has 0 aliphatic carbocycles. The molecule has 1 atom stereocenters. The SMILES string of the molecule is CCOC1CCc2c(OC)c(OC)c(CCC(C)C)c(OC)c2O1. The van der Waals surface area contributed by atoms with Crippen LogP contribution in [0.5, 0.6) is 23.0 Å². The minimum atomic E-state index is -0.243. The average molecular weight is 338 g/mol. The van der Waals surface area contributed by atoms with Crippen molar-refractivity contribution < 1.29 is 23.7 Å². The van der Waals surface area contributed by atoms with Gasteiger partial charge in [0.15, 0.2) is 29.3 Å². The first-order valence-electron chi connectivity index (χ1n) is 8.69. The highest BCUT2D eigenvalue weighted by Crippen LogP contribution is 2.51. The van der Waals surface area contributed by atoms with Crippen molar-refractivity contribution in [1.82, 2.24) is 0 Å².